The van der Waals surface area contributed by atoms with Crippen molar-refractivity contribution in [2.75, 3.05) is 6.61 Å². The molecule has 0 aliphatic rings. The molecule has 0 saturated carbocycles. The van der Waals surface area contributed by atoms with E-state index in [2.05, 4.69) is 20.8 Å². The number of rotatable bonds is 10. The van der Waals surface area contributed by atoms with E-state index >= 15 is 0 Å². The third-order valence-electron chi connectivity index (χ3n) is 3.71. The average molecular weight is 292 g/mol. The van der Waals surface area contributed by atoms with Gasteiger partial charge < -0.3 is 9.84 Å². The van der Waals surface area contributed by atoms with Crippen LogP contribution < -0.4 is 4.74 Å². The zero-order valence-corrected chi connectivity index (χ0v) is 13.5. The standard InChI is InChI=1S/C18H28O3/c1-14(2)6-4-5-7-15(3)12-13-21-17-10-8-16(9-11-17)18(19)20/h8-11,14-15H,4-7,12-13H2,1-3H3,(H,19,20)/t15-/m0/s1. The molecule has 1 rings (SSSR count). The van der Waals surface area contributed by atoms with Crippen LogP contribution >= 0.6 is 0 Å². The minimum absolute atomic E-state index is 0.292. The normalized spacial score (nSPS) is 12.4. The Labute approximate surface area is 128 Å². The van der Waals surface area contributed by atoms with Crippen molar-refractivity contribution in [2.45, 2.75) is 52.9 Å². The van der Waals surface area contributed by atoms with Crippen molar-refractivity contribution in [2.24, 2.45) is 11.8 Å². The maximum Gasteiger partial charge on any atom is 0.335 e. The van der Waals surface area contributed by atoms with Crippen molar-refractivity contribution in [3.63, 3.8) is 0 Å². The molecule has 1 N–H and O–H groups in total. The summed E-state index contributed by atoms with van der Waals surface area (Å²) in [4.78, 5) is 10.7. The first kappa shape index (κ1) is 17.5. The Bertz CT molecular complexity index is 409. The SMILES string of the molecule is CC(C)CCCC[C@H](C)CCOc1ccc(C(=O)O)cc1. The van der Waals surface area contributed by atoms with Crippen LogP contribution in [0.1, 0.15) is 63.2 Å². The number of unbranched alkanes of at least 4 members (excludes halogenated alkanes) is 1. The Morgan fingerprint density at radius 3 is 2.24 bits per heavy atom. The Morgan fingerprint density at radius 1 is 1.05 bits per heavy atom. The van der Waals surface area contributed by atoms with Crippen LogP contribution in [0.2, 0.25) is 0 Å². The van der Waals surface area contributed by atoms with Crippen LogP contribution in [0, 0.1) is 11.8 Å². The van der Waals surface area contributed by atoms with Crippen molar-refractivity contribution >= 4 is 5.97 Å². The molecule has 118 valence electrons. The molecular formula is C18H28O3. The van der Waals surface area contributed by atoms with Crippen LogP contribution in [0.5, 0.6) is 5.75 Å². The van der Waals surface area contributed by atoms with Gasteiger partial charge in [-0.2, -0.15) is 0 Å². The van der Waals surface area contributed by atoms with E-state index in [4.69, 9.17) is 9.84 Å². The molecule has 0 aromatic heterocycles. The molecule has 0 amide bonds. The highest BCUT2D eigenvalue weighted by atomic mass is 16.5. The van der Waals surface area contributed by atoms with Crippen LogP contribution in [0.4, 0.5) is 0 Å². The lowest BCUT2D eigenvalue weighted by Crippen LogP contribution is -2.05. The van der Waals surface area contributed by atoms with E-state index in [9.17, 15) is 4.79 Å². The van der Waals surface area contributed by atoms with Crippen molar-refractivity contribution in [3.05, 3.63) is 29.8 Å². The lowest BCUT2D eigenvalue weighted by atomic mass is 9.98. The fourth-order valence-corrected chi connectivity index (χ4v) is 2.26. The van der Waals surface area contributed by atoms with E-state index in [-0.39, 0.29) is 0 Å². The Morgan fingerprint density at radius 2 is 1.67 bits per heavy atom. The number of benzene rings is 1. The number of hydrogen-bond donors (Lipinski definition) is 1. The zero-order valence-electron chi connectivity index (χ0n) is 13.5. The molecule has 1 atom stereocenters. The summed E-state index contributed by atoms with van der Waals surface area (Å²) < 4.78 is 5.66. The van der Waals surface area contributed by atoms with Crippen LogP contribution in [-0.4, -0.2) is 17.7 Å². The lowest BCUT2D eigenvalue weighted by Gasteiger charge is -2.13. The lowest BCUT2D eigenvalue weighted by molar-refractivity contribution is 0.0697. The van der Waals surface area contributed by atoms with E-state index in [0.717, 1.165) is 18.1 Å². The van der Waals surface area contributed by atoms with Crippen LogP contribution in [-0.2, 0) is 0 Å². The van der Waals surface area contributed by atoms with Gasteiger partial charge in [0.2, 0.25) is 0 Å². The number of ether oxygens (including phenoxy) is 1. The molecule has 1 aromatic rings. The van der Waals surface area contributed by atoms with Crippen LogP contribution in [0.25, 0.3) is 0 Å². The topological polar surface area (TPSA) is 46.5 Å². The number of carboxylic acid groups (broad SMARTS) is 1. The summed E-state index contributed by atoms with van der Waals surface area (Å²) in [5, 5.41) is 8.82. The number of carbonyl (C=O) groups is 1. The molecule has 0 unspecified atom stereocenters. The Kier molecular flexibility index (Phi) is 7.88. The van der Waals surface area contributed by atoms with Gasteiger partial charge in [0.1, 0.15) is 5.75 Å². The fraction of sp³-hybridized carbons (Fsp3) is 0.611. The van der Waals surface area contributed by atoms with Crippen molar-refractivity contribution in [1.82, 2.24) is 0 Å². The molecule has 0 aliphatic carbocycles. The Hall–Kier alpha value is -1.51. The number of hydrogen-bond acceptors (Lipinski definition) is 2. The molecule has 0 spiro atoms. The molecule has 0 saturated heterocycles. The van der Waals surface area contributed by atoms with Crippen molar-refractivity contribution < 1.29 is 14.6 Å². The van der Waals surface area contributed by atoms with E-state index in [1.165, 1.54) is 25.7 Å². The largest absolute Gasteiger partial charge is 0.494 e. The highest BCUT2D eigenvalue weighted by molar-refractivity contribution is 5.87. The molecule has 0 bridgehead atoms. The van der Waals surface area contributed by atoms with Crippen molar-refractivity contribution in [3.8, 4) is 5.75 Å². The van der Waals surface area contributed by atoms with Gasteiger partial charge in [-0.25, -0.2) is 4.79 Å². The second-order valence-electron chi connectivity index (χ2n) is 6.25. The Balaban J connectivity index is 2.16. The van der Waals surface area contributed by atoms with Gasteiger partial charge >= 0.3 is 5.97 Å². The summed E-state index contributed by atoms with van der Waals surface area (Å²) in [5.74, 6) is 1.32. The first-order chi connectivity index (χ1) is 9.99. The molecule has 3 heteroatoms. The van der Waals surface area contributed by atoms with Gasteiger partial charge in [-0.15, -0.1) is 0 Å². The second kappa shape index (κ2) is 9.43. The smallest absolute Gasteiger partial charge is 0.335 e. The summed E-state index contributed by atoms with van der Waals surface area (Å²) in [7, 11) is 0. The van der Waals surface area contributed by atoms with E-state index in [1.807, 2.05) is 0 Å². The minimum Gasteiger partial charge on any atom is -0.494 e. The predicted octanol–water partition coefficient (Wildman–Crippen LogP) is 5.01. The molecule has 0 fully saturated rings. The van der Waals surface area contributed by atoms with Gasteiger partial charge in [0.25, 0.3) is 0 Å². The van der Waals surface area contributed by atoms with Crippen LogP contribution in [0.15, 0.2) is 24.3 Å². The first-order valence-corrected chi connectivity index (χ1v) is 7.95. The molecule has 21 heavy (non-hydrogen) atoms. The molecule has 0 aliphatic heterocycles. The number of carboxylic acids is 1. The maximum absolute atomic E-state index is 10.7. The predicted molar refractivity (Wildman–Crippen MR) is 86.0 cm³/mol. The molecule has 0 radical (unpaired) electrons. The average Bonchev–Trinajstić information content (AvgIpc) is 2.44. The fourth-order valence-electron chi connectivity index (χ4n) is 2.26. The minimum atomic E-state index is -0.906. The van der Waals surface area contributed by atoms with Gasteiger partial charge in [0.15, 0.2) is 0 Å². The monoisotopic (exact) mass is 292 g/mol. The summed E-state index contributed by atoms with van der Waals surface area (Å²) >= 11 is 0. The number of aromatic carboxylic acids is 1. The van der Waals surface area contributed by atoms with Gasteiger partial charge in [-0.3, -0.25) is 0 Å². The highest BCUT2D eigenvalue weighted by Crippen LogP contribution is 2.17. The summed E-state index contributed by atoms with van der Waals surface area (Å²) in [6.07, 6.45) is 6.24. The summed E-state index contributed by atoms with van der Waals surface area (Å²) in [6, 6.07) is 6.59. The van der Waals surface area contributed by atoms with Gasteiger partial charge in [-0.1, -0.05) is 46.5 Å². The maximum atomic E-state index is 10.7. The first-order valence-electron chi connectivity index (χ1n) is 7.95. The van der Waals surface area contributed by atoms with E-state index in [0.29, 0.717) is 18.1 Å². The highest BCUT2D eigenvalue weighted by Gasteiger charge is 2.05. The van der Waals surface area contributed by atoms with Gasteiger partial charge in [-0.05, 0) is 42.5 Å². The summed E-state index contributed by atoms with van der Waals surface area (Å²) in [6.45, 7) is 7.50. The van der Waals surface area contributed by atoms with Gasteiger partial charge in [0.05, 0.1) is 12.2 Å². The van der Waals surface area contributed by atoms with Crippen LogP contribution in [0.3, 0.4) is 0 Å². The second-order valence-corrected chi connectivity index (χ2v) is 6.25. The molecular weight excluding hydrogens is 264 g/mol. The van der Waals surface area contributed by atoms with Crippen molar-refractivity contribution in [1.29, 1.82) is 0 Å². The van der Waals surface area contributed by atoms with E-state index in [1.54, 1.807) is 24.3 Å². The molecule has 0 heterocycles. The van der Waals surface area contributed by atoms with E-state index < -0.39 is 5.97 Å². The van der Waals surface area contributed by atoms with Gasteiger partial charge in [0, 0.05) is 0 Å². The summed E-state index contributed by atoms with van der Waals surface area (Å²) in [5.41, 5.74) is 0.292. The third-order valence-corrected chi connectivity index (χ3v) is 3.71. The zero-order chi connectivity index (χ0) is 15.7. The molecule has 1 aromatic carbocycles. The molecule has 3 nitrogen and oxygen atoms in total. The quantitative estimate of drug-likeness (QED) is 0.617. The third kappa shape index (κ3) is 7.74.